The monoisotopic (exact) mass is 359 g/mol. The van der Waals surface area contributed by atoms with Gasteiger partial charge in [0.2, 0.25) is 0 Å². The molecule has 7 nitrogen and oxygen atoms in total. The number of hydrogen-bond acceptors (Lipinski definition) is 6. The molecule has 8 heteroatoms. The van der Waals surface area contributed by atoms with Crippen molar-refractivity contribution in [3.8, 4) is 11.5 Å². The molecular formula is C16H22ClNO6. The number of methoxy groups -OCH3 is 1. The van der Waals surface area contributed by atoms with E-state index in [1.54, 1.807) is 12.1 Å². The lowest BCUT2D eigenvalue weighted by atomic mass is 9.93. The zero-order valence-corrected chi connectivity index (χ0v) is 14.3. The van der Waals surface area contributed by atoms with Crippen LogP contribution in [0.15, 0.2) is 12.1 Å². The van der Waals surface area contributed by atoms with Crippen LogP contribution < -0.4 is 9.47 Å². The predicted octanol–water partition coefficient (Wildman–Crippen LogP) is 1.13. The van der Waals surface area contributed by atoms with Crippen LogP contribution in [0, 0.1) is 0 Å². The lowest BCUT2D eigenvalue weighted by Crippen LogP contribution is -2.50. The molecule has 1 aliphatic heterocycles. The number of aliphatic hydroxyl groups excluding tert-OH is 1. The van der Waals surface area contributed by atoms with Gasteiger partial charge < -0.3 is 24.8 Å². The fourth-order valence-electron chi connectivity index (χ4n) is 2.87. The van der Waals surface area contributed by atoms with Crippen molar-refractivity contribution in [2.24, 2.45) is 0 Å². The van der Waals surface area contributed by atoms with Crippen LogP contribution in [0.4, 0.5) is 0 Å². The first-order chi connectivity index (χ1) is 11.4. The van der Waals surface area contributed by atoms with Gasteiger partial charge in [-0.3, -0.25) is 4.90 Å². The molecule has 0 unspecified atom stereocenters. The minimum atomic E-state index is -1.10. The maximum absolute atomic E-state index is 10.6. The van der Waals surface area contributed by atoms with Crippen LogP contribution in [-0.4, -0.2) is 65.2 Å². The Morgan fingerprint density at radius 3 is 2.83 bits per heavy atom. The Balaban J connectivity index is 2.13. The quantitative estimate of drug-likeness (QED) is 0.671. The van der Waals surface area contributed by atoms with E-state index in [4.69, 9.17) is 26.2 Å². The van der Waals surface area contributed by atoms with Crippen LogP contribution in [0.25, 0.3) is 0 Å². The average molecular weight is 360 g/mol. The lowest BCUT2D eigenvalue weighted by Gasteiger charge is -2.38. The number of carbonyl (C=O) groups is 1. The van der Waals surface area contributed by atoms with E-state index in [0.717, 1.165) is 18.5 Å². The Morgan fingerprint density at radius 2 is 2.21 bits per heavy atom. The summed E-state index contributed by atoms with van der Waals surface area (Å²) in [6.07, 6.45) is 1.37. The zero-order valence-electron chi connectivity index (χ0n) is 13.5. The van der Waals surface area contributed by atoms with Gasteiger partial charge in [-0.25, -0.2) is 4.79 Å². The predicted molar refractivity (Wildman–Crippen MR) is 87.7 cm³/mol. The Bertz CT molecular complexity index is 596. The third-order valence-corrected chi connectivity index (χ3v) is 4.24. The average Bonchev–Trinajstić information content (AvgIpc) is 2.53. The van der Waals surface area contributed by atoms with E-state index in [2.05, 4.69) is 0 Å². The van der Waals surface area contributed by atoms with Crippen molar-refractivity contribution in [1.29, 1.82) is 0 Å². The summed E-state index contributed by atoms with van der Waals surface area (Å²) < 4.78 is 10.4. The highest BCUT2D eigenvalue weighted by atomic mass is 35.5. The fourth-order valence-corrected chi connectivity index (χ4v) is 3.15. The number of benzene rings is 1. The van der Waals surface area contributed by atoms with E-state index in [1.165, 1.54) is 7.11 Å². The lowest BCUT2D eigenvalue weighted by molar-refractivity contribution is -0.139. The van der Waals surface area contributed by atoms with E-state index in [9.17, 15) is 15.0 Å². The number of carboxylic acids is 1. The van der Waals surface area contributed by atoms with Gasteiger partial charge in [-0.1, -0.05) is 11.6 Å². The smallest absolute Gasteiger partial charge is 0.341 e. The molecule has 1 aromatic carbocycles. The van der Waals surface area contributed by atoms with Gasteiger partial charge in [-0.2, -0.15) is 0 Å². The molecule has 0 aliphatic carbocycles. The highest BCUT2D eigenvalue weighted by Crippen LogP contribution is 2.37. The largest absolute Gasteiger partial charge is 0.493 e. The van der Waals surface area contributed by atoms with E-state index >= 15 is 0 Å². The first-order valence-corrected chi connectivity index (χ1v) is 8.01. The Morgan fingerprint density at radius 1 is 1.46 bits per heavy atom. The molecule has 1 atom stereocenters. The minimum absolute atomic E-state index is 0.191. The van der Waals surface area contributed by atoms with Crippen LogP contribution in [0.1, 0.15) is 18.4 Å². The van der Waals surface area contributed by atoms with Crippen LogP contribution in [0.5, 0.6) is 11.5 Å². The molecule has 0 amide bonds. The van der Waals surface area contributed by atoms with Gasteiger partial charge in [0.15, 0.2) is 18.1 Å². The molecule has 1 fully saturated rings. The van der Waals surface area contributed by atoms with E-state index in [-0.39, 0.29) is 17.4 Å². The van der Waals surface area contributed by atoms with E-state index in [0.29, 0.717) is 25.3 Å². The molecule has 1 aliphatic rings. The van der Waals surface area contributed by atoms with Crippen LogP contribution in [0.2, 0.25) is 5.02 Å². The van der Waals surface area contributed by atoms with Gasteiger partial charge in [-0.05, 0) is 37.1 Å². The van der Waals surface area contributed by atoms with Gasteiger partial charge in [0.1, 0.15) is 5.60 Å². The van der Waals surface area contributed by atoms with Crippen molar-refractivity contribution in [3.05, 3.63) is 22.7 Å². The topological polar surface area (TPSA) is 99.5 Å². The second-order valence-electron chi connectivity index (χ2n) is 5.99. The molecule has 134 valence electrons. The maximum Gasteiger partial charge on any atom is 0.341 e. The van der Waals surface area contributed by atoms with E-state index < -0.39 is 18.2 Å². The Hall–Kier alpha value is -1.54. The Kier molecular flexibility index (Phi) is 6.28. The second-order valence-corrected chi connectivity index (χ2v) is 6.40. The summed E-state index contributed by atoms with van der Waals surface area (Å²) in [7, 11) is 1.45. The van der Waals surface area contributed by atoms with Crippen molar-refractivity contribution in [2.75, 3.05) is 33.4 Å². The molecule has 0 spiro atoms. The molecule has 0 saturated carbocycles. The van der Waals surface area contributed by atoms with E-state index in [1.807, 2.05) is 4.90 Å². The van der Waals surface area contributed by atoms with Gasteiger partial charge in [-0.15, -0.1) is 0 Å². The van der Waals surface area contributed by atoms with Gasteiger partial charge in [0, 0.05) is 13.1 Å². The van der Waals surface area contributed by atoms with Crippen molar-refractivity contribution in [2.45, 2.75) is 25.0 Å². The van der Waals surface area contributed by atoms with Gasteiger partial charge in [0.25, 0.3) is 0 Å². The standard InChI is InChI=1S/C16H22ClNO6/c1-23-13-6-11(5-12(17)15(13)24-8-14(20)21)7-18-4-2-3-16(22,9-18)10-19/h5-6,19,22H,2-4,7-10H2,1H3,(H,20,21)/t16-/m0/s1. The number of likely N-dealkylation sites (tertiary alicyclic amines) is 1. The number of piperidine rings is 1. The highest BCUT2D eigenvalue weighted by molar-refractivity contribution is 6.32. The van der Waals surface area contributed by atoms with Crippen molar-refractivity contribution >= 4 is 17.6 Å². The number of aliphatic carboxylic acids is 1. The molecule has 2 rings (SSSR count). The molecule has 1 saturated heterocycles. The first kappa shape index (κ1) is 18.8. The van der Waals surface area contributed by atoms with Gasteiger partial charge in [0.05, 0.1) is 18.7 Å². The molecule has 1 aromatic rings. The molecule has 1 heterocycles. The third kappa shape index (κ3) is 4.73. The number of nitrogens with zero attached hydrogens (tertiary/aromatic N) is 1. The number of halogens is 1. The van der Waals surface area contributed by atoms with Crippen LogP contribution >= 0.6 is 11.6 Å². The third-order valence-electron chi connectivity index (χ3n) is 3.96. The molecular weight excluding hydrogens is 338 g/mol. The number of aliphatic hydroxyl groups is 2. The number of hydrogen-bond donors (Lipinski definition) is 3. The summed E-state index contributed by atoms with van der Waals surface area (Å²) in [5.74, 6) is -0.558. The minimum Gasteiger partial charge on any atom is -0.493 e. The normalized spacial score (nSPS) is 21.5. The summed E-state index contributed by atoms with van der Waals surface area (Å²) in [4.78, 5) is 12.7. The van der Waals surface area contributed by atoms with Crippen molar-refractivity contribution < 1.29 is 29.6 Å². The highest BCUT2D eigenvalue weighted by Gasteiger charge is 2.32. The summed E-state index contributed by atoms with van der Waals surface area (Å²) in [6, 6.07) is 3.42. The zero-order chi connectivity index (χ0) is 17.7. The van der Waals surface area contributed by atoms with Gasteiger partial charge >= 0.3 is 5.97 Å². The van der Waals surface area contributed by atoms with Crippen molar-refractivity contribution in [1.82, 2.24) is 4.90 Å². The summed E-state index contributed by atoms with van der Waals surface area (Å²) in [5.41, 5.74) is -0.224. The molecule has 3 N–H and O–H groups in total. The number of carboxylic acid groups (broad SMARTS) is 1. The SMILES string of the molecule is COc1cc(CN2CCC[C@@](O)(CO)C2)cc(Cl)c1OCC(=O)O. The maximum atomic E-state index is 10.6. The molecule has 0 bridgehead atoms. The fraction of sp³-hybridized carbons (Fsp3) is 0.562. The number of ether oxygens (including phenoxy) is 2. The molecule has 24 heavy (non-hydrogen) atoms. The first-order valence-electron chi connectivity index (χ1n) is 7.63. The number of β-amino-alcohol motifs (C(OH)–C–C–N with tert-alkyl or cyclic N) is 1. The summed E-state index contributed by atoms with van der Waals surface area (Å²) >= 11 is 6.19. The Labute approximate surface area is 145 Å². The summed E-state index contributed by atoms with van der Waals surface area (Å²) in [6.45, 7) is 0.929. The second kappa shape index (κ2) is 8.02. The van der Waals surface area contributed by atoms with Crippen LogP contribution in [-0.2, 0) is 11.3 Å². The summed E-state index contributed by atoms with van der Waals surface area (Å²) in [5, 5.41) is 28.5. The molecule has 0 radical (unpaired) electrons. The van der Waals surface area contributed by atoms with Crippen LogP contribution in [0.3, 0.4) is 0 Å². The molecule has 0 aromatic heterocycles. The van der Waals surface area contributed by atoms with Crippen molar-refractivity contribution in [3.63, 3.8) is 0 Å². The number of rotatable bonds is 7.